The Morgan fingerprint density at radius 1 is 0.682 bits per heavy atom. The number of rotatable bonds is 30. The summed E-state index contributed by atoms with van der Waals surface area (Å²) in [4.78, 5) is 38.8. The van der Waals surface area contributed by atoms with E-state index in [0.29, 0.717) is 19.4 Å². The molecule has 1 unspecified atom stereocenters. The Morgan fingerprint density at radius 2 is 1.02 bits per heavy atom. The predicted octanol–water partition coefficient (Wildman–Crippen LogP) is 7.50. The van der Waals surface area contributed by atoms with Crippen molar-refractivity contribution in [3.8, 4) is 0 Å². The fraction of sp³-hybridized carbons (Fsp3) is 0.912. The third kappa shape index (κ3) is 32.0. The lowest BCUT2D eigenvalue weighted by atomic mass is 10.1. The molecule has 0 aromatic heterocycles. The van der Waals surface area contributed by atoms with Gasteiger partial charge in [-0.05, 0) is 19.8 Å². The Morgan fingerprint density at radius 3 is 1.36 bits per heavy atom. The molecule has 1 amide bonds. The van der Waals surface area contributed by atoms with E-state index in [9.17, 15) is 14.4 Å². The lowest BCUT2D eigenvalue weighted by Crippen LogP contribution is -2.48. The maximum atomic E-state index is 12.9. The van der Waals surface area contributed by atoms with Crippen molar-refractivity contribution in [2.45, 2.75) is 155 Å². The van der Waals surface area contributed by atoms with Gasteiger partial charge in [0.25, 0.3) is 0 Å². The van der Waals surface area contributed by atoms with E-state index in [4.69, 9.17) is 14.6 Å². The van der Waals surface area contributed by atoms with Crippen LogP contribution in [0.2, 0.25) is 0 Å². The van der Waals surface area contributed by atoms with E-state index in [0.717, 1.165) is 38.5 Å². The highest BCUT2D eigenvalue weighted by Crippen LogP contribution is 2.12. The molecule has 10 heteroatoms. The van der Waals surface area contributed by atoms with Gasteiger partial charge in [0.2, 0.25) is 5.91 Å². The smallest absolute Gasteiger partial charge is 0.305 e. The largest absolute Gasteiger partial charge is 0.464 e. The van der Waals surface area contributed by atoms with Gasteiger partial charge in [0, 0.05) is 19.4 Å². The zero-order chi connectivity index (χ0) is 33.1. The molecule has 0 heterocycles. The van der Waals surface area contributed by atoms with Gasteiger partial charge in [-0.15, -0.1) is 0 Å². The molecular weight excluding hydrogens is 584 g/mol. The van der Waals surface area contributed by atoms with E-state index in [1.807, 2.05) is 0 Å². The quantitative estimate of drug-likeness (QED) is 0.0607. The number of aliphatic hydroxyl groups is 1. The number of aliphatic hydroxyl groups excluding tert-OH is 1. The second-order valence-corrected chi connectivity index (χ2v) is 11.8. The maximum Gasteiger partial charge on any atom is 0.305 e. The van der Waals surface area contributed by atoms with Gasteiger partial charge < -0.3 is 24.8 Å². The van der Waals surface area contributed by atoms with Gasteiger partial charge in [-0.3, -0.25) is 18.7 Å². The summed E-state index contributed by atoms with van der Waals surface area (Å²) in [6.07, 6.45) is 22.2. The predicted molar refractivity (Wildman–Crippen MR) is 180 cm³/mol. The van der Waals surface area contributed by atoms with Crippen LogP contribution >= 0.6 is 11.9 Å². The molecule has 0 saturated carbocycles. The number of amides is 1. The molecule has 0 bridgehead atoms. The summed E-state index contributed by atoms with van der Waals surface area (Å²) in [5.74, 6) is -0.651. The molecule has 0 spiro atoms. The zero-order valence-electron chi connectivity index (χ0n) is 28.7. The Bertz CT molecular complexity index is 615. The Labute approximate surface area is 274 Å². The van der Waals surface area contributed by atoms with Crippen molar-refractivity contribution in [3.05, 3.63) is 0 Å². The Kier molecular flexibility index (Phi) is 36.6. The van der Waals surface area contributed by atoms with Crippen molar-refractivity contribution < 1.29 is 33.3 Å². The molecule has 2 N–H and O–H groups in total. The summed E-state index contributed by atoms with van der Waals surface area (Å²) < 4.78 is 14.5. The van der Waals surface area contributed by atoms with Gasteiger partial charge in [-0.2, -0.15) is 0 Å². The number of nitrogens with one attached hydrogen (secondary N) is 1. The van der Waals surface area contributed by atoms with E-state index >= 15 is 0 Å². The number of carbonyl (C=O) groups is 3. The number of nitrogens with zero attached hydrogens (tertiary/aromatic N) is 1. The van der Waals surface area contributed by atoms with Crippen LogP contribution in [-0.2, 0) is 28.1 Å². The van der Waals surface area contributed by atoms with Gasteiger partial charge >= 0.3 is 11.9 Å². The van der Waals surface area contributed by atoms with Gasteiger partial charge in [0.15, 0.2) is 0 Å². The number of halogens is 1. The van der Waals surface area contributed by atoms with Crippen LogP contribution in [0.1, 0.15) is 149 Å². The maximum absolute atomic E-state index is 12.9. The highest BCUT2D eigenvalue weighted by molar-refractivity contribution is 6.07. The number of esters is 2. The third-order valence-electron chi connectivity index (χ3n) is 7.46. The number of hydrogen-bond acceptors (Lipinski definition) is 8. The summed E-state index contributed by atoms with van der Waals surface area (Å²) in [7, 11) is 1.39. The molecule has 0 aromatic carbocycles. The van der Waals surface area contributed by atoms with Crippen LogP contribution in [0.15, 0.2) is 0 Å². The summed E-state index contributed by atoms with van der Waals surface area (Å²) >= 11 is 4.50. The van der Waals surface area contributed by atoms with Crippen LogP contribution < -0.4 is 5.32 Å². The normalized spacial score (nSPS) is 11.4. The van der Waals surface area contributed by atoms with Crippen molar-refractivity contribution in [2.75, 3.05) is 46.6 Å². The van der Waals surface area contributed by atoms with Crippen molar-refractivity contribution in [3.63, 3.8) is 0 Å². The van der Waals surface area contributed by atoms with E-state index < -0.39 is 6.04 Å². The molecule has 44 heavy (non-hydrogen) atoms. The van der Waals surface area contributed by atoms with Gasteiger partial charge in [-0.1, -0.05) is 117 Å². The van der Waals surface area contributed by atoms with E-state index in [2.05, 4.69) is 35.3 Å². The van der Waals surface area contributed by atoms with Crippen LogP contribution in [0, 0.1) is 0 Å². The lowest BCUT2D eigenvalue weighted by Gasteiger charge is -2.26. The van der Waals surface area contributed by atoms with Crippen LogP contribution in [0.4, 0.5) is 0 Å². The molecule has 0 saturated heterocycles. The fourth-order valence-electron chi connectivity index (χ4n) is 4.82. The molecule has 262 valence electrons. The first-order valence-electron chi connectivity index (χ1n) is 17.5. The van der Waals surface area contributed by atoms with E-state index in [1.54, 1.807) is 11.8 Å². The number of ether oxygens (including phenoxy) is 2. The topological polar surface area (TPSA) is 114 Å². The summed E-state index contributed by atoms with van der Waals surface area (Å²) in [6, 6.07) is -0.502. The number of hydrogen-bond donors (Lipinski definition) is 2. The molecule has 0 fully saturated rings. The minimum Gasteiger partial charge on any atom is -0.464 e. The van der Waals surface area contributed by atoms with Gasteiger partial charge in [-0.25, -0.2) is 0 Å². The van der Waals surface area contributed by atoms with Crippen LogP contribution in [-0.4, -0.2) is 80.5 Å². The molecule has 0 aliphatic rings. The second kappa shape index (κ2) is 36.1. The minimum absolute atomic E-state index is 0.0649. The van der Waals surface area contributed by atoms with E-state index in [1.165, 1.54) is 84.2 Å². The van der Waals surface area contributed by atoms with E-state index in [-0.39, 0.29) is 50.8 Å². The summed E-state index contributed by atoms with van der Waals surface area (Å²) in [5.41, 5.74) is 0. The summed E-state index contributed by atoms with van der Waals surface area (Å²) in [6.45, 7) is 7.13. The molecule has 0 aliphatic heterocycles. The Hall–Kier alpha value is -1.42. The van der Waals surface area contributed by atoms with Gasteiger partial charge in [0.05, 0.1) is 44.7 Å². The summed E-state index contributed by atoms with van der Waals surface area (Å²) in [5, 5.41) is 12.0. The highest BCUT2D eigenvalue weighted by atomic mass is 35.5. The van der Waals surface area contributed by atoms with Gasteiger partial charge in [0.1, 0.15) is 13.2 Å². The minimum atomic E-state index is -0.502. The third-order valence-corrected chi connectivity index (χ3v) is 7.46. The van der Waals surface area contributed by atoms with Crippen molar-refractivity contribution in [1.29, 1.82) is 0 Å². The van der Waals surface area contributed by atoms with Crippen molar-refractivity contribution in [1.82, 2.24) is 10.2 Å². The molecule has 0 aliphatic carbocycles. The van der Waals surface area contributed by atoms with Crippen LogP contribution in [0.5, 0.6) is 0 Å². The SMILES string of the molecule is CCCCCCCCCCCC(=O)OCCN(CCOC(=O)CCCCCCCCCCC)C(=O)C(C)NCCO.COCl. The van der Waals surface area contributed by atoms with Crippen LogP contribution in [0.25, 0.3) is 0 Å². The number of unbranched alkanes of at least 4 members (excludes halogenated alkanes) is 16. The monoisotopic (exact) mass is 650 g/mol. The average Bonchev–Trinajstić information content (AvgIpc) is 3.01. The molecule has 1 atom stereocenters. The van der Waals surface area contributed by atoms with Crippen molar-refractivity contribution in [2.24, 2.45) is 0 Å². The first-order chi connectivity index (χ1) is 21.4. The standard InChI is InChI=1S/C33H64N2O6.CH3ClO/c1-4-6-8-10-12-14-16-18-20-22-31(37)40-28-25-35(33(39)30(3)34-24-27-36)26-29-41-32(38)23-21-19-17-15-13-11-9-7-5-2;1-3-2/h30,34,36H,4-29H2,1-3H3;1H3. The first-order valence-corrected chi connectivity index (χ1v) is 17.8. The fourth-order valence-corrected chi connectivity index (χ4v) is 4.82. The Balaban J connectivity index is 0. The first kappa shape index (κ1) is 44.7. The zero-order valence-corrected chi connectivity index (χ0v) is 29.4. The molecule has 0 radical (unpaired) electrons. The highest BCUT2D eigenvalue weighted by Gasteiger charge is 2.21. The second-order valence-electron chi connectivity index (χ2n) is 11.5. The average molecular weight is 651 g/mol. The molecule has 0 rings (SSSR count). The molecule has 9 nitrogen and oxygen atoms in total. The molecular formula is C34H67ClN2O7. The van der Waals surface area contributed by atoms with Crippen LogP contribution in [0.3, 0.4) is 0 Å². The number of carbonyl (C=O) groups excluding carboxylic acids is 3. The van der Waals surface area contributed by atoms with Crippen molar-refractivity contribution >= 4 is 29.7 Å². The lowest BCUT2D eigenvalue weighted by molar-refractivity contribution is -0.148. The molecule has 0 aromatic rings.